The molecule has 0 aliphatic heterocycles. The summed E-state index contributed by atoms with van der Waals surface area (Å²) in [6, 6.07) is 10.3. The number of hydrazine groups is 1. The predicted molar refractivity (Wildman–Crippen MR) is 80.0 cm³/mol. The number of nitrogens with two attached hydrogens (primary N) is 1. The quantitative estimate of drug-likeness (QED) is 0.663. The summed E-state index contributed by atoms with van der Waals surface area (Å²) in [7, 11) is 1.78. The van der Waals surface area contributed by atoms with Crippen LogP contribution >= 0.6 is 0 Å². The molecule has 106 valence electrons. The molecule has 0 bridgehead atoms. The van der Waals surface area contributed by atoms with Gasteiger partial charge in [-0.3, -0.25) is 16.3 Å². The number of fused-ring (bicyclic) bond motifs is 1. The van der Waals surface area contributed by atoms with E-state index < -0.39 is 0 Å². The van der Waals surface area contributed by atoms with Crippen LogP contribution < -0.4 is 11.3 Å². The Labute approximate surface area is 119 Å². The summed E-state index contributed by atoms with van der Waals surface area (Å²) in [5.41, 5.74) is 4.84. The van der Waals surface area contributed by atoms with Crippen LogP contribution in [0.4, 0.5) is 0 Å². The van der Waals surface area contributed by atoms with E-state index in [1.807, 2.05) is 24.4 Å². The molecule has 0 spiro atoms. The molecular weight excluding hydrogens is 250 g/mol. The minimum absolute atomic E-state index is 0.0212. The Bertz CT molecular complexity index is 593. The van der Waals surface area contributed by atoms with Gasteiger partial charge in [-0.25, -0.2) is 0 Å². The third-order valence-corrected chi connectivity index (χ3v) is 4.49. The standard InChI is InChI=1S/C16H21N3O/c1-20-16(8-4-5-9-16)15(19-17)13-10-12-6-2-3-7-14(12)18-11-13/h2-3,6-7,10-11,15,19H,4-5,8-9,17H2,1H3. The van der Waals surface area contributed by atoms with Crippen molar-refractivity contribution in [2.24, 2.45) is 5.84 Å². The summed E-state index contributed by atoms with van der Waals surface area (Å²) in [5.74, 6) is 5.83. The normalized spacial score (nSPS) is 19.3. The van der Waals surface area contributed by atoms with Gasteiger partial charge in [-0.1, -0.05) is 31.0 Å². The van der Waals surface area contributed by atoms with Gasteiger partial charge in [0.2, 0.25) is 0 Å². The fourth-order valence-electron chi connectivity index (χ4n) is 3.38. The first kappa shape index (κ1) is 13.5. The highest BCUT2D eigenvalue weighted by Gasteiger charge is 2.42. The maximum atomic E-state index is 5.85. The summed E-state index contributed by atoms with van der Waals surface area (Å²) in [6.45, 7) is 0. The van der Waals surface area contributed by atoms with Crippen LogP contribution in [0, 0.1) is 0 Å². The van der Waals surface area contributed by atoms with Crippen LogP contribution in [0.1, 0.15) is 37.3 Å². The van der Waals surface area contributed by atoms with E-state index in [0.717, 1.165) is 29.3 Å². The zero-order valence-electron chi connectivity index (χ0n) is 11.8. The van der Waals surface area contributed by atoms with Crippen LogP contribution in [0.3, 0.4) is 0 Å². The third kappa shape index (κ3) is 2.20. The van der Waals surface area contributed by atoms with Gasteiger partial charge >= 0.3 is 0 Å². The molecule has 3 rings (SSSR count). The predicted octanol–water partition coefficient (Wildman–Crippen LogP) is 2.70. The number of para-hydroxylation sites is 1. The number of hydrogen-bond donors (Lipinski definition) is 2. The van der Waals surface area contributed by atoms with Gasteiger partial charge in [0.05, 0.1) is 17.2 Å². The van der Waals surface area contributed by atoms with Gasteiger partial charge in [-0.15, -0.1) is 0 Å². The number of hydrogen-bond acceptors (Lipinski definition) is 4. The number of pyridine rings is 1. The first-order chi connectivity index (χ1) is 9.79. The molecule has 1 aromatic carbocycles. The summed E-state index contributed by atoms with van der Waals surface area (Å²) >= 11 is 0. The summed E-state index contributed by atoms with van der Waals surface area (Å²) in [4.78, 5) is 4.54. The van der Waals surface area contributed by atoms with Crippen molar-refractivity contribution in [1.29, 1.82) is 0 Å². The van der Waals surface area contributed by atoms with Crippen molar-refractivity contribution >= 4 is 10.9 Å². The Morgan fingerprint density at radius 1 is 1.30 bits per heavy atom. The van der Waals surface area contributed by atoms with E-state index in [9.17, 15) is 0 Å². The van der Waals surface area contributed by atoms with Crippen molar-refractivity contribution in [3.8, 4) is 0 Å². The number of nitrogens with one attached hydrogen (secondary N) is 1. The zero-order valence-corrected chi connectivity index (χ0v) is 11.8. The molecule has 1 heterocycles. The summed E-state index contributed by atoms with van der Waals surface area (Å²) < 4.78 is 5.85. The van der Waals surface area contributed by atoms with Crippen LogP contribution in [0.5, 0.6) is 0 Å². The number of nitrogens with zero attached hydrogens (tertiary/aromatic N) is 1. The van der Waals surface area contributed by atoms with E-state index in [1.54, 1.807) is 7.11 Å². The van der Waals surface area contributed by atoms with Crippen LogP contribution in [-0.2, 0) is 4.74 Å². The topological polar surface area (TPSA) is 60.2 Å². The van der Waals surface area contributed by atoms with Crippen molar-refractivity contribution in [2.75, 3.05) is 7.11 Å². The van der Waals surface area contributed by atoms with E-state index in [-0.39, 0.29) is 11.6 Å². The molecule has 0 amide bonds. The van der Waals surface area contributed by atoms with E-state index in [0.29, 0.717) is 0 Å². The lowest BCUT2D eigenvalue weighted by Gasteiger charge is -2.36. The average molecular weight is 271 g/mol. The minimum Gasteiger partial charge on any atom is -0.376 e. The minimum atomic E-state index is -0.209. The third-order valence-electron chi connectivity index (χ3n) is 4.49. The SMILES string of the molecule is COC1(C(NN)c2cnc3ccccc3c2)CCCC1. The van der Waals surface area contributed by atoms with Crippen molar-refractivity contribution in [3.63, 3.8) is 0 Å². The molecule has 0 saturated heterocycles. The Balaban J connectivity index is 2.02. The maximum Gasteiger partial charge on any atom is 0.0886 e. The summed E-state index contributed by atoms with van der Waals surface area (Å²) in [5, 5.41) is 1.13. The lowest BCUT2D eigenvalue weighted by atomic mass is 9.87. The molecular formula is C16H21N3O. The van der Waals surface area contributed by atoms with Crippen molar-refractivity contribution in [2.45, 2.75) is 37.3 Å². The second-order valence-corrected chi connectivity index (χ2v) is 5.54. The van der Waals surface area contributed by atoms with Gasteiger partial charge in [-0.2, -0.15) is 0 Å². The van der Waals surface area contributed by atoms with Gasteiger partial charge in [0.15, 0.2) is 0 Å². The Kier molecular flexibility index (Phi) is 3.70. The first-order valence-corrected chi connectivity index (χ1v) is 7.15. The highest BCUT2D eigenvalue weighted by atomic mass is 16.5. The largest absolute Gasteiger partial charge is 0.376 e. The smallest absolute Gasteiger partial charge is 0.0886 e. The molecule has 20 heavy (non-hydrogen) atoms. The van der Waals surface area contributed by atoms with Crippen molar-refractivity contribution in [3.05, 3.63) is 42.1 Å². The molecule has 1 aliphatic carbocycles. The molecule has 1 aromatic heterocycles. The van der Waals surface area contributed by atoms with E-state index in [2.05, 4.69) is 22.5 Å². The Morgan fingerprint density at radius 2 is 2.05 bits per heavy atom. The number of aromatic nitrogens is 1. The lowest BCUT2D eigenvalue weighted by Crippen LogP contribution is -2.46. The molecule has 0 radical (unpaired) electrons. The highest BCUT2D eigenvalue weighted by molar-refractivity contribution is 5.78. The van der Waals surface area contributed by atoms with Gasteiger partial charge in [0, 0.05) is 18.7 Å². The average Bonchev–Trinajstić information content (AvgIpc) is 2.98. The second kappa shape index (κ2) is 5.48. The fraction of sp³-hybridized carbons (Fsp3) is 0.438. The van der Waals surface area contributed by atoms with Gasteiger partial charge in [0.25, 0.3) is 0 Å². The van der Waals surface area contributed by atoms with Crippen molar-refractivity contribution < 1.29 is 4.74 Å². The molecule has 1 atom stereocenters. The van der Waals surface area contributed by atoms with Gasteiger partial charge in [0.1, 0.15) is 0 Å². The molecule has 4 nitrogen and oxygen atoms in total. The molecule has 1 unspecified atom stereocenters. The molecule has 1 saturated carbocycles. The van der Waals surface area contributed by atoms with Gasteiger partial charge < -0.3 is 4.74 Å². The van der Waals surface area contributed by atoms with Crippen molar-refractivity contribution in [1.82, 2.24) is 10.4 Å². The molecule has 3 N–H and O–H groups in total. The number of rotatable bonds is 4. The zero-order chi connectivity index (χ0) is 14.0. The molecule has 1 aliphatic rings. The fourth-order valence-corrected chi connectivity index (χ4v) is 3.38. The van der Waals surface area contributed by atoms with Crippen LogP contribution in [0.15, 0.2) is 36.5 Å². The van der Waals surface area contributed by atoms with Crippen LogP contribution in [0.25, 0.3) is 10.9 Å². The molecule has 1 fully saturated rings. The number of ether oxygens (including phenoxy) is 1. The van der Waals surface area contributed by atoms with E-state index >= 15 is 0 Å². The first-order valence-electron chi connectivity index (χ1n) is 7.15. The highest BCUT2D eigenvalue weighted by Crippen LogP contribution is 2.42. The second-order valence-electron chi connectivity index (χ2n) is 5.54. The number of methoxy groups -OCH3 is 1. The maximum absolute atomic E-state index is 5.85. The molecule has 4 heteroatoms. The Morgan fingerprint density at radius 3 is 2.75 bits per heavy atom. The van der Waals surface area contributed by atoms with Crippen LogP contribution in [0.2, 0.25) is 0 Å². The number of benzene rings is 1. The Hall–Kier alpha value is -1.49. The van der Waals surface area contributed by atoms with Crippen LogP contribution in [-0.4, -0.2) is 17.7 Å². The van der Waals surface area contributed by atoms with E-state index in [1.165, 1.54) is 12.8 Å². The summed E-state index contributed by atoms with van der Waals surface area (Å²) in [6.07, 6.45) is 6.35. The van der Waals surface area contributed by atoms with E-state index in [4.69, 9.17) is 10.6 Å². The van der Waals surface area contributed by atoms with Gasteiger partial charge in [-0.05, 0) is 30.5 Å². The molecule has 2 aromatic rings. The monoisotopic (exact) mass is 271 g/mol. The lowest BCUT2D eigenvalue weighted by molar-refractivity contribution is -0.0369.